The van der Waals surface area contributed by atoms with Crippen LogP contribution in [0.4, 0.5) is 5.69 Å². The van der Waals surface area contributed by atoms with Gasteiger partial charge in [-0.05, 0) is 30.7 Å². The Balaban J connectivity index is 2.08. The number of aromatic hydroxyl groups is 1. The maximum Gasteiger partial charge on any atom is 0.251 e. The number of carbonyl (C=O) groups excluding carboxylic acids is 1. The third kappa shape index (κ3) is 2.07. The number of amides is 1. The first-order valence-electron chi connectivity index (χ1n) is 6.63. The maximum absolute atomic E-state index is 12.1. The molecule has 1 atom stereocenters. The molecule has 108 valence electrons. The third-order valence-electron chi connectivity index (χ3n) is 3.78. The van der Waals surface area contributed by atoms with Gasteiger partial charge in [0.25, 0.3) is 5.91 Å². The van der Waals surface area contributed by atoms with E-state index in [1.807, 2.05) is 31.2 Å². The Hall–Kier alpha value is -2.69. The molecule has 3 rings (SSSR count). The molecule has 1 heterocycles. The Morgan fingerprint density at radius 2 is 2.10 bits per heavy atom. The molecule has 5 nitrogen and oxygen atoms in total. The molecule has 5 heteroatoms. The van der Waals surface area contributed by atoms with Gasteiger partial charge in [0.1, 0.15) is 18.1 Å². The van der Waals surface area contributed by atoms with Crippen molar-refractivity contribution in [2.45, 2.75) is 12.5 Å². The number of ether oxygens (including phenoxy) is 1. The summed E-state index contributed by atoms with van der Waals surface area (Å²) < 4.78 is 5.55. The molecule has 1 aliphatic rings. The van der Waals surface area contributed by atoms with E-state index in [4.69, 9.17) is 10.5 Å². The van der Waals surface area contributed by atoms with Gasteiger partial charge < -0.3 is 20.9 Å². The highest BCUT2D eigenvalue weighted by atomic mass is 16.5. The predicted molar refractivity (Wildman–Crippen MR) is 79.3 cm³/mol. The number of phenols is 1. The lowest BCUT2D eigenvalue weighted by atomic mass is 9.90. The fraction of sp³-hybridized carbons (Fsp3) is 0.188. The quantitative estimate of drug-likeness (QED) is 0.803. The Bertz CT molecular complexity index is 714. The predicted octanol–water partition coefficient (Wildman–Crippen LogP) is 1.89. The van der Waals surface area contributed by atoms with Crippen LogP contribution in [0.15, 0.2) is 42.5 Å². The van der Waals surface area contributed by atoms with Crippen LogP contribution >= 0.6 is 0 Å². The number of para-hydroxylation sites is 1. The number of aryl methyl sites for hydroxylation is 1. The van der Waals surface area contributed by atoms with Crippen molar-refractivity contribution >= 4 is 11.6 Å². The third-order valence-corrected chi connectivity index (χ3v) is 3.78. The number of fused-ring (bicyclic) bond motifs is 1. The summed E-state index contributed by atoms with van der Waals surface area (Å²) in [5.74, 6) is 0.0370. The molecule has 1 unspecified atom stereocenters. The molecule has 0 bridgehead atoms. The van der Waals surface area contributed by atoms with E-state index >= 15 is 0 Å². The number of benzene rings is 2. The monoisotopic (exact) mass is 284 g/mol. The summed E-state index contributed by atoms with van der Waals surface area (Å²) in [6.45, 7) is 2.04. The van der Waals surface area contributed by atoms with Gasteiger partial charge >= 0.3 is 0 Å². The second-order valence-electron chi connectivity index (χ2n) is 5.18. The maximum atomic E-state index is 12.1. The van der Waals surface area contributed by atoms with Crippen molar-refractivity contribution < 1.29 is 14.6 Å². The molecule has 4 N–H and O–H groups in total. The van der Waals surface area contributed by atoms with Gasteiger partial charge in [0.05, 0.1) is 0 Å². The van der Waals surface area contributed by atoms with Crippen LogP contribution in [0.5, 0.6) is 11.5 Å². The summed E-state index contributed by atoms with van der Waals surface area (Å²) >= 11 is 0. The first-order valence-corrected chi connectivity index (χ1v) is 6.63. The van der Waals surface area contributed by atoms with Gasteiger partial charge in [0.2, 0.25) is 0 Å². The zero-order chi connectivity index (χ0) is 15.0. The Morgan fingerprint density at radius 3 is 2.81 bits per heavy atom. The average Bonchev–Trinajstić information content (AvgIpc) is 2.81. The van der Waals surface area contributed by atoms with Gasteiger partial charge in [0.15, 0.2) is 5.54 Å². The van der Waals surface area contributed by atoms with Crippen LogP contribution in [0.1, 0.15) is 11.1 Å². The standard InChI is InChI=1S/C16H16N2O3/c1-10-4-2-3-5-13(10)18-16(15(17)20)9-21-14-8-11(19)6-7-12(14)16/h2-8,18-19H,9H2,1H3,(H2,17,20). The SMILES string of the molecule is Cc1ccccc1NC1(C(N)=O)COc2cc(O)ccc21. The Morgan fingerprint density at radius 1 is 1.33 bits per heavy atom. The van der Waals surface area contributed by atoms with Gasteiger partial charge in [-0.15, -0.1) is 0 Å². The highest BCUT2D eigenvalue weighted by molar-refractivity contribution is 5.91. The summed E-state index contributed by atoms with van der Waals surface area (Å²) in [5, 5.41) is 12.7. The summed E-state index contributed by atoms with van der Waals surface area (Å²) in [5.41, 5.74) is 6.97. The molecule has 2 aromatic carbocycles. The number of carbonyl (C=O) groups is 1. The summed E-state index contributed by atoms with van der Waals surface area (Å²) in [6, 6.07) is 12.3. The van der Waals surface area contributed by atoms with Gasteiger partial charge in [-0.2, -0.15) is 0 Å². The lowest BCUT2D eigenvalue weighted by molar-refractivity contribution is -0.122. The number of phenolic OH excluding ortho intramolecular Hbond substituents is 1. The van der Waals surface area contributed by atoms with Gasteiger partial charge in [0, 0.05) is 17.3 Å². The van der Waals surface area contributed by atoms with Crippen molar-refractivity contribution in [3.05, 3.63) is 53.6 Å². The van der Waals surface area contributed by atoms with Crippen LogP contribution in [0.25, 0.3) is 0 Å². The second kappa shape index (κ2) is 4.70. The molecule has 1 aliphatic heterocycles. The second-order valence-corrected chi connectivity index (χ2v) is 5.18. The van der Waals surface area contributed by atoms with Crippen LogP contribution < -0.4 is 15.8 Å². The molecule has 0 saturated carbocycles. The molecule has 0 fully saturated rings. The Kier molecular flexibility index (Phi) is 2.97. The number of nitrogens with one attached hydrogen (secondary N) is 1. The van der Waals surface area contributed by atoms with Crippen LogP contribution in [0, 0.1) is 6.92 Å². The fourth-order valence-electron chi connectivity index (χ4n) is 2.56. The topological polar surface area (TPSA) is 84.6 Å². The summed E-state index contributed by atoms with van der Waals surface area (Å²) in [7, 11) is 0. The van der Waals surface area contributed by atoms with Gasteiger partial charge in [-0.1, -0.05) is 18.2 Å². The van der Waals surface area contributed by atoms with E-state index in [-0.39, 0.29) is 12.4 Å². The number of nitrogens with two attached hydrogens (primary N) is 1. The highest BCUT2D eigenvalue weighted by Gasteiger charge is 2.46. The molecular formula is C16H16N2O3. The van der Waals surface area contributed by atoms with Crippen LogP contribution in [0.3, 0.4) is 0 Å². The van der Waals surface area contributed by atoms with Crippen molar-refractivity contribution in [1.82, 2.24) is 0 Å². The van der Waals surface area contributed by atoms with E-state index in [1.165, 1.54) is 12.1 Å². The number of hydrogen-bond acceptors (Lipinski definition) is 4. The molecule has 0 aromatic heterocycles. The zero-order valence-electron chi connectivity index (χ0n) is 11.6. The Labute approximate surface area is 122 Å². The number of anilines is 1. The lowest BCUT2D eigenvalue weighted by Crippen LogP contribution is -2.49. The minimum atomic E-state index is -1.13. The molecule has 0 saturated heterocycles. The van der Waals surface area contributed by atoms with Gasteiger partial charge in [-0.25, -0.2) is 0 Å². The molecule has 0 spiro atoms. The first kappa shape index (κ1) is 13.3. The molecular weight excluding hydrogens is 268 g/mol. The van der Waals surface area contributed by atoms with E-state index in [1.54, 1.807) is 6.07 Å². The normalized spacial score (nSPS) is 19.7. The zero-order valence-corrected chi connectivity index (χ0v) is 11.6. The van der Waals surface area contributed by atoms with Crippen molar-refractivity contribution in [3.8, 4) is 11.5 Å². The van der Waals surface area contributed by atoms with E-state index in [0.717, 1.165) is 11.3 Å². The molecule has 0 radical (unpaired) electrons. The minimum Gasteiger partial charge on any atom is -0.508 e. The molecule has 1 amide bonds. The smallest absolute Gasteiger partial charge is 0.251 e. The van der Waals surface area contributed by atoms with E-state index in [9.17, 15) is 9.90 Å². The minimum absolute atomic E-state index is 0.0879. The van der Waals surface area contributed by atoms with E-state index in [2.05, 4.69) is 5.32 Å². The highest BCUT2D eigenvalue weighted by Crippen LogP contribution is 2.41. The van der Waals surface area contributed by atoms with Gasteiger partial charge in [-0.3, -0.25) is 4.79 Å². The summed E-state index contributed by atoms with van der Waals surface area (Å²) in [4.78, 5) is 12.1. The largest absolute Gasteiger partial charge is 0.508 e. The molecule has 21 heavy (non-hydrogen) atoms. The first-order chi connectivity index (χ1) is 10.0. The van der Waals surface area contributed by atoms with Crippen molar-refractivity contribution in [2.24, 2.45) is 5.73 Å². The van der Waals surface area contributed by atoms with E-state index < -0.39 is 11.4 Å². The van der Waals surface area contributed by atoms with E-state index in [0.29, 0.717) is 11.3 Å². The van der Waals surface area contributed by atoms with Crippen molar-refractivity contribution in [2.75, 3.05) is 11.9 Å². The average molecular weight is 284 g/mol. The molecule has 0 aliphatic carbocycles. The number of rotatable bonds is 3. The number of primary amides is 1. The fourth-order valence-corrected chi connectivity index (χ4v) is 2.56. The van der Waals surface area contributed by atoms with Crippen LogP contribution in [-0.4, -0.2) is 17.6 Å². The summed E-state index contributed by atoms with van der Waals surface area (Å²) in [6.07, 6.45) is 0. The van der Waals surface area contributed by atoms with Crippen molar-refractivity contribution in [3.63, 3.8) is 0 Å². The lowest BCUT2D eigenvalue weighted by Gasteiger charge is -2.27. The number of hydrogen-bond donors (Lipinski definition) is 3. The van der Waals surface area contributed by atoms with Crippen LogP contribution in [0.2, 0.25) is 0 Å². The molecule has 2 aromatic rings. The van der Waals surface area contributed by atoms with Crippen molar-refractivity contribution in [1.29, 1.82) is 0 Å². The van der Waals surface area contributed by atoms with Crippen LogP contribution in [-0.2, 0) is 10.3 Å².